The van der Waals surface area contributed by atoms with E-state index in [1.807, 2.05) is 0 Å². The molecule has 6 aromatic rings. The molecule has 0 aliphatic carbocycles. The van der Waals surface area contributed by atoms with Crippen molar-refractivity contribution in [3.8, 4) is 0 Å². The van der Waals surface area contributed by atoms with Crippen LogP contribution in [0.3, 0.4) is 0 Å². The molecule has 0 radical (unpaired) electrons. The lowest BCUT2D eigenvalue weighted by molar-refractivity contribution is -0.686. The molecule has 0 saturated carbocycles. The van der Waals surface area contributed by atoms with Crippen molar-refractivity contribution in [3.05, 3.63) is 183 Å². The molecule has 27 heteroatoms. The summed E-state index contributed by atoms with van der Waals surface area (Å²) in [4.78, 5) is 15.6. The summed E-state index contributed by atoms with van der Waals surface area (Å²) < 4.78 is 333. The van der Waals surface area contributed by atoms with Gasteiger partial charge in [0.25, 0.3) is 11.5 Å². The van der Waals surface area contributed by atoms with Crippen LogP contribution >= 0.6 is 0 Å². The zero-order valence-corrected chi connectivity index (χ0v) is 30.4. The van der Waals surface area contributed by atoms with Crippen molar-refractivity contribution in [2.45, 2.75) is 6.54 Å². The molecule has 0 fully saturated rings. The maximum atomic E-state index is 15.4. The van der Waals surface area contributed by atoms with Gasteiger partial charge in [-0.2, -0.15) is 17.7 Å². The number of carbonyl (C=O) groups is 1. The molecule has 6 rings (SSSR count). The number of rotatable bonds is 8. The fourth-order valence-electron chi connectivity index (χ4n) is 6.55. The summed E-state index contributed by atoms with van der Waals surface area (Å²) in [5, 5.41) is 0. The quantitative estimate of drug-likeness (QED) is 0.0383. The minimum Gasteiger partial charge on any atom is -0.287 e. The van der Waals surface area contributed by atoms with Crippen LogP contribution in [0, 0.1) is 116 Å². The van der Waals surface area contributed by atoms with Gasteiger partial charge in [0.2, 0.25) is 12.3 Å². The van der Waals surface area contributed by atoms with Crippen molar-refractivity contribution in [1.29, 1.82) is 0 Å². The smallest absolute Gasteiger partial charge is 0.287 e. The Hall–Kier alpha value is -6.96. The van der Waals surface area contributed by atoms with E-state index in [4.69, 9.17) is 0 Å². The fourth-order valence-corrected chi connectivity index (χ4v) is 6.55. The molecule has 5 aromatic carbocycles. The van der Waals surface area contributed by atoms with Crippen molar-refractivity contribution in [2.24, 2.45) is 0 Å². The Bertz CT molecular complexity index is 2580. The third-order valence-electron chi connectivity index (χ3n) is 9.35. The average molecular weight is 958 g/mol. The normalized spacial score (nSPS) is 11.4. The van der Waals surface area contributed by atoms with Crippen molar-refractivity contribution < 1.29 is 110 Å². The molecular weight excluding hydrogens is 948 g/mol. The highest BCUT2D eigenvalue weighted by Gasteiger charge is 2.52. The Morgan fingerprint density at radius 1 is 0.431 bits per heavy atom. The lowest BCUT2D eigenvalue weighted by Crippen LogP contribution is -2.81. The van der Waals surface area contributed by atoms with Crippen LogP contribution in [-0.2, 0) is 6.54 Å². The number of carbonyl (C=O) groups excluding carboxylic acids is 1. The van der Waals surface area contributed by atoms with E-state index in [-0.39, 0.29) is 12.3 Å². The number of hydrogen-bond acceptors (Lipinski definition) is 2. The summed E-state index contributed by atoms with van der Waals surface area (Å²) in [6.07, 6.45) is -6.14. The predicted molar refractivity (Wildman–Crippen MR) is 175 cm³/mol. The van der Waals surface area contributed by atoms with E-state index in [9.17, 15) is 70.7 Å². The van der Waals surface area contributed by atoms with Gasteiger partial charge in [-0.1, -0.05) is 30.3 Å². The van der Waals surface area contributed by atoms with Crippen LogP contribution < -0.4 is 26.4 Å². The minimum atomic E-state index is -7.22. The Balaban J connectivity index is 0.000000330. The number of halogens is 23. The third kappa shape index (κ3) is 7.89. The Morgan fingerprint density at radius 3 is 0.985 bits per heavy atom. The molecule has 1 heterocycles. The van der Waals surface area contributed by atoms with E-state index in [0.717, 1.165) is 10.8 Å². The zero-order valence-electron chi connectivity index (χ0n) is 30.4. The second-order valence-corrected chi connectivity index (χ2v) is 12.8. The standard InChI is InChI=1S/C24BF20.C14H10F3N2O/c26-5-1(6(27)14(35)21(42)13(5)34)25(2-7(28)15(36)22(43)16(37)8(2)29,3-9(30)17(38)23(44)18(39)10(3)31)4-11(32)19(40)24(45)20(41)12(4)33;15-13(14(16)17)11-8-18-6-7-19(11)9-12(20)10-4-2-1-3-5-10/h;1-8H,9H2/q-1;+1. The Labute approximate surface area is 344 Å². The molecular formula is C38H10BF23N2O. The molecule has 0 aliphatic rings. The van der Waals surface area contributed by atoms with Crippen LogP contribution in [0.25, 0.3) is 5.83 Å². The van der Waals surface area contributed by atoms with Crippen molar-refractivity contribution >= 4 is 39.6 Å². The molecule has 0 aliphatic heterocycles. The number of ketones is 1. The van der Waals surface area contributed by atoms with E-state index in [2.05, 4.69) is 4.98 Å². The highest BCUT2D eigenvalue weighted by Crippen LogP contribution is 2.31. The monoisotopic (exact) mass is 958 g/mol. The van der Waals surface area contributed by atoms with Crippen LogP contribution in [0.5, 0.6) is 0 Å². The summed E-state index contributed by atoms with van der Waals surface area (Å²) in [6.45, 7) is -0.247. The first-order valence-corrected chi connectivity index (χ1v) is 16.7. The van der Waals surface area contributed by atoms with E-state index in [1.54, 1.807) is 30.3 Å². The van der Waals surface area contributed by atoms with Crippen molar-refractivity contribution in [3.63, 3.8) is 0 Å². The molecule has 3 nitrogen and oxygen atoms in total. The second kappa shape index (κ2) is 18.3. The summed E-state index contributed by atoms with van der Waals surface area (Å²) >= 11 is 0. The minimum absolute atomic E-state index is 0.247. The molecule has 342 valence electrons. The number of nitrogens with zero attached hydrogens (tertiary/aromatic N) is 2. The lowest BCUT2D eigenvalue weighted by atomic mass is 9.12. The summed E-state index contributed by atoms with van der Waals surface area (Å²) in [5.74, 6) is -73.4. The van der Waals surface area contributed by atoms with Gasteiger partial charge in [0.05, 0.1) is 6.20 Å². The van der Waals surface area contributed by atoms with Gasteiger partial charge in [-0.3, -0.25) is 9.78 Å². The summed E-state index contributed by atoms with van der Waals surface area (Å²) in [7, 11) is 0. The SMILES string of the molecule is Fc1c(F)c(F)c([B-](c2c(F)c(F)c(F)c(F)c2F)(c2c(F)c(F)c(F)c(F)c2F)c2c(F)c(F)c(F)c(F)c2F)c(F)c1F.O=C(C[n+]1ccncc1C(F)=C(F)F)c1ccccc1. The molecule has 0 saturated heterocycles. The predicted octanol–water partition coefficient (Wildman–Crippen LogP) is 8.63. The Morgan fingerprint density at radius 2 is 0.708 bits per heavy atom. The molecule has 0 unspecified atom stereocenters. The first-order chi connectivity index (χ1) is 30.3. The van der Waals surface area contributed by atoms with Gasteiger partial charge in [0, 0.05) is 5.56 Å². The van der Waals surface area contributed by atoms with Crippen molar-refractivity contribution in [2.75, 3.05) is 0 Å². The van der Waals surface area contributed by atoms with Crippen molar-refractivity contribution in [1.82, 2.24) is 4.98 Å². The van der Waals surface area contributed by atoms with E-state index in [0.29, 0.717) is 5.56 Å². The number of Topliss-reactive ketones (excluding diaryl/α,β-unsaturated/α-hetero) is 1. The van der Waals surface area contributed by atoms with Gasteiger partial charge in [-0.15, -0.1) is 21.9 Å². The van der Waals surface area contributed by atoms with Gasteiger partial charge in [0.15, 0.2) is 76.0 Å². The van der Waals surface area contributed by atoms with Gasteiger partial charge in [-0.25, -0.2) is 87.8 Å². The highest BCUT2D eigenvalue weighted by atomic mass is 19.3. The maximum absolute atomic E-state index is 15.4. The molecule has 0 amide bonds. The van der Waals surface area contributed by atoms with Crippen LogP contribution in [0.4, 0.5) is 101 Å². The molecule has 0 N–H and O–H groups in total. The second-order valence-electron chi connectivity index (χ2n) is 12.8. The van der Waals surface area contributed by atoms with Gasteiger partial charge in [-0.05, 0) is 0 Å². The van der Waals surface area contributed by atoms with Crippen LogP contribution in [0.1, 0.15) is 16.1 Å². The molecule has 1 aromatic heterocycles. The van der Waals surface area contributed by atoms with E-state index in [1.165, 1.54) is 12.4 Å². The molecule has 0 bridgehead atoms. The highest BCUT2D eigenvalue weighted by molar-refractivity contribution is 7.20. The lowest BCUT2D eigenvalue weighted by Gasteiger charge is -2.44. The van der Waals surface area contributed by atoms with E-state index >= 15 is 35.1 Å². The first kappa shape index (κ1) is 49.1. The van der Waals surface area contributed by atoms with E-state index < -0.39 is 162 Å². The summed E-state index contributed by atoms with van der Waals surface area (Å²) in [5.41, 5.74) is -14.3. The topological polar surface area (TPSA) is 33.8 Å². The summed E-state index contributed by atoms with van der Waals surface area (Å²) in [6, 6.07) is 8.33. The van der Waals surface area contributed by atoms with Crippen LogP contribution in [-0.4, -0.2) is 16.9 Å². The maximum Gasteiger partial charge on any atom is 0.312 e. The van der Waals surface area contributed by atoms with Gasteiger partial charge < -0.3 is 0 Å². The molecule has 65 heavy (non-hydrogen) atoms. The number of aromatic nitrogens is 2. The fraction of sp³-hybridized carbons (Fsp3) is 0.0263. The largest absolute Gasteiger partial charge is 0.312 e. The van der Waals surface area contributed by atoms with Gasteiger partial charge >= 0.3 is 6.08 Å². The number of hydrogen-bond donors (Lipinski definition) is 0. The van der Waals surface area contributed by atoms with Crippen LogP contribution in [0.15, 0.2) is 55.0 Å². The zero-order chi connectivity index (χ0) is 48.9. The first-order valence-electron chi connectivity index (χ1n) is 16.7. The molecule has 0 atom stereocenters. The Kier molecular flexibility index (Phi) is 13.8. The van der Waals surface area contributed by atoms with Crippen LogP contribution in [0.2, 0.25) is 0 Å². The van der Waals surface area contributed by atoms with Gasteiger partial charge in [0.1, 0.15) is 58.9 Å². The molecule has 0 spiro atoms. The average Bonchev–Trinajstić information content (AvgIpc) is 3.29. The third-order valence-corrected chi connectivity index (χ3v) is 9.35. The number of benzene rings is 5.